The van der Waals surface area contributed by atoms with Gasteiger partial charge in [-0.1, -0.05) is 43.8 Å². The van der Waals surface area contributed by atoms with Crippen LogP contribution in [0.25, 0.3) is 0 Å². The number of carboxylic acids is 1. The molecule has 0 spiro atoms. The van der Waals surface area contributed by atoms with Crippen LogP contribution in [0.5, 0.6) is 5.75 Å². The molecule has 4 N–H and O–H groups in total. The van der Waals surface area contributed by atoms with E-state index in [2.05, 4.69) is 21.9 Å². The molecular formula is C26H34N4O4S. The van der Waals surface area contributed by atoms with E-state index in [1.807, 2.05) is 32.0 Å². The van der Waals surface area contributed by atoms with E-state index in [0.29, 0.717) is 19.6 Å². The van der Waals surface area contributed by atoms with Crippen LogP contribution in [0.1, 0.15) is 25.8 Å². The van der Waals surface area contributed by atoms with Gasteiger partial charge < -0.3 is 25.6 Å². The smallest absolute Gasteiger partial charge is 0.324 e. The molecule has 0 bridgehead atoms. The number of aliphatic imine (C=N–C) groups is 1. The molecule has 0 aliphatic carbocycles. The molecule has 0 saturated carbocycles. The first kappa shape index (κ1) is 25.5. The van der Waals surface area contributed by atoms with Crippen LogP contribution in [0.15, 0.2) is 57.2 Å². The summed E-state index contributed by atoms with van der Waals surface area (Å²) in [6.07, 6.45) is 0.296. The zero-order chi connectivity index (χ0) is 25.0. The number of hydrogen-bond acceptors (Lipinski definition) is 8. The molecule has 8 nitrogen and oxygen atoms in total. The van der Waals surface area contributed by atoms with Gasteiger partial charge >= 0.3 is 5.97 Å². The third kappa shape index (κ3) is 5.81. The molecular weight excluding hydrogens is 464 g/mol. The molecule has 2 aromatic rings. The van der Waals surface area contributed by atoms with Crippen LogP contribution in [0, 0.1) is 5.92 Å². The fourth-order valence-electron chi connectivity index (χ4n) is 4.31. The summed E-state index contributed by atoms with van der Waals surface area (Å²) in [5.74, 6) is 0.0698. The van der Waals surface area contributed by atoms with Crippen molar-refractivity contribution in [3.63, 3.8) is 0 Å². The molecule has 0 amide bonds. The van der Waals surface area contributed by atoms with Crippen molar-refractivity contribution in [3.8, 4) is 5.75 Å². The van der Waals surface area contributed by atoms with Crippen LogP contribution in [0.4, 0.5) is 5.69 Å². The lowest BCUT2D eigenvalue weighted by molar-refractivity contribution is -0.146. The molecule has 1 atom stereocenters. The van der Waals surface area contributed by atoms with Crippen LogP contribution in [-0.2, 0) is 9.53 Å². The highest BCUT2D eigenvalue weighted by Gasteiger charge is 2.37. The fourth-order valence-corrected chi connectivity index (χ4v) is 5.36. The quantitative estimate of drug-likeness (QED) is 0.475. The van der Waals surface area contributed by atoms with Crippen LogP contribution in [0.2, 0.25) is 0 Å². The summed E-state index contributed by atoms with van der Waals surface area (Å²) in [6, 6.07) is 13.6. The molecule has 188 valence electrons. The Balaban J connectivity index is 1.33. The summed E-state index contributed by atoms with van der Waals surface area (Å²) in [4.78, 5) is 23.3. The number of piperazine rings is 1. The maximum Gasteiger partial charge on any atom is 0.324 e. The first-order chi connectivity index (χ1) is 16.8. The Kier molecular flexibility index (Phi) is 8.01. The van der Waals surface area contributed by atoms with Gasteiger partial charge in [0.25, 0.3) is 0 Å². The van der Waals surface area contributed by atoms with Crippen molar-refractivity contribution in [2.45, 2.75) is 35.6 Å². The third-order valence-electron chi connectivity index (χ3n) is 6.83. The maximum absolute atomic E-state index is 11.5. The number of aliphatic carboxylic acids is 1. The Morgan fingerprint density at radius 3 is 2.60 bits per heavy atom. The number of carbonyl (C=O) groups is 1. The topological polar surface area (TPSA) is 112 Å². The number of ether oxygens (including phenoxy) is 1. The van der Waals surface area contributed by atoms with Crippen LogP contribution in [0.3, 0.4) is 0 Å². The molecule has 2 heterocycles. The van der Waals surface area contributed by atoms with Gasteiger partial charge in [0.1, 0.15) is 17.1 Å². The highest BCUT2D eigenvalue weighted by Crippen LogP contribution is 2.42. The van der Waals surface area contributed by atoms with E-state index in [1.165, 1.54) is 0 Å². The van der Waals surface area contributed by atoms with Crippen LogP contribution >= 0.6 is 11.8 Å². The largest absolute Gasteiger partial charge is 0.508 e. The molecule has 4 rings (SSSR count). The highest BCUT2D eigenvalue weighted by molar-refractivity contribution is 7.99. The van der Waals surface area contributed by atoms with Crippen LogP contribution in [-0.4, -0.2) is 83.3 Å². The lowest BCUT2D eigenvalue weighted by atomic mass is 9.85. The summed E-state index contributed by atoms with van der Waals surface area (Å²) in [7, 11) is 0. The van der Waals surface area contributed by atoms with Crippen LogP contribution < -0.4 is 5.73 Å². The minimum atomic E-state index is -1.25. The van der Waals surface area contributed by atoms with Crippen molar-refractivity contribution in [1.82, 2.24) is 9.80 Å². The van der Waals surface area contributed by atoms with Gasteiger partial charge in [-0.2, -0.15) is 0 Å². The number of benzene rings is 2. The van der Waals surface area contributed by atoms with Gasteiger partial charge in [-0.3, -0.25) is 9.69 Å². The molecule has 2 aliphatic heterocycles. The Hall–Kier alpha value is -2.59. The number of nitrogens with zero attached hydrogens (tertiary/aromatic N) is 3. The predicted octanol–water partition coefficient (Wildman–Crippen LogP) is 3.40. The normalized spacial score (nSPS) is 17.8. The molecule has 0 aromatic heterocycles. The number of carboxylic acid groups (broad SMARTS) is 1. The predicted molar refractivity (Wildman–Crippen MR) is 138 cm³/mol. The molecule has 1 fully saturated rings. The van der Waals surface area contributed by atoms with Gasteiger partial charge in [-0.25, -0.2) is 4.99 Å². The molecule has 9 heteroatoms. The number of aromatic hydroxyl groups is 1. The first-order valence-corrected chi connectivity index (χ1v) is 12.9. The highest BCUT2D eigenvalue weighted by atomic mass is 32.2. The van der Waals surface area contributed by atoms with Gasteiger partial charge in [-0.15, -0.1) is 0 Å². The van der Waals surface area contributed by atoms with E-state index in [4.69, 9.17) is 15.5 Å². The number of rotatable bonds is 8. The average Bonchev–Trinajstić information content (AvgIpc) is 3.00. The van der Waals surface area contributed by atoms with Crippen molar-refractivity contribution in [2.75, 3.05) is 45.9 Å². The number of fused-ring (bicyclic) bond motifs is 2. The number of hydrogen-bond donors (Lipinski definition) is 3. The zero-order valence-electron chi connectivity index (χ0n) is 20.3. The van der Waals surface area contributed by atoms with Gasteiger partial charge in [0.05, 0.1) is 12.3 Å². The first-order valence-electron chi connectivity index (χ1n) is 12.0. The van der Waals surface area contributed by atoms with Gasteiger partial charge in [0.15, 0.2) is 0 Å². The number of phenolic OH excluding ortho intramolecular Hbond substituents is 1. The lowest BCUT2D eigenvalue weighted by Crippen LogP contribution is -2.53. The number of nitrogens with two attached hydrogens (primary N) is 1. The van der Waals surface area contributed by atoms with Crippen molar-refractivity contribution >= 4 is 29.3 Å². The fraction of sp³-hybridized carbons (Fsp3) is 0.462. The van der Waals surface area contributed by atoms with Crippen molar-refractivity contribution in [2.24, 2.45) is 16.6 Å². The molecule has 2 aromatic carbocycles. The van der Waals surface area contributed by atoms with Crippen molar-refractivity contribution in [3.05, 3.63) is 48.0 Å². The molecule has 35 heavy (non-hydrogen) atoms. The molecule has 1 saturated heterocycles. The lowest BCUT2D eigenvalue weighted by Gasteiger charge is -2.36. The average molecular weight is 499 g/mol. The Morgan fingerprint density at radius 2 is 1.89 bits per heavy atom. The van der Waals surface area contributed by atoms with E-state index in [-0.39, 0.29) is 11.7 Å². The number of phenols is 1. The molecule has 0 radical (unpaired) electrons. The summed E-state index contributed by atoms with van der Waals surface area (Å²) < 4.78 is 5.74. The van der Waals surface area contributed by atoms with Gasteiger partial charge in [-0.05, 0) is 36.6 Å². The van der Waals surface area contributed by atoms with E-state index < -0.39 is 11.5 Å². The Morgan fingerprint density at radius 1 is 1.14 bits per heavy atom. The molecule has 0 unspecified atom stereocenters. The second kappa shape index (κ2) is 11.0. The summed E-state index contributed by atoms with van der Waals surface area (Å²) in [5, 5.41) is 19.4. The van der Waals surface area contributed by atoms with E-state index in [1.54, 1.807) is 23.9 Å². The second-order valence-electron chi connectivity index (χ2n) is 9.38. The minimum absolute atomic E-state index is 0.162. The monoisotopic (exact) mass is 498 g/mol. The van der Waals surface area contributed by atoms with E-state index in [9.17, 15) is 15.0 Å². The maximum atomic E-state index is 11.5. The van der Waals surface area contributed by atoms with E-state index in [0.717, 1.165) is 59.6 Å². The summed E-state index contributed by atoms with van der Waals surface area (Å²) >= 11 is 1.63. The minimum Gasteiger partial charge on any atom is -0.508 e. The Labute approximate surface area is 210 Å². The zero-order valence-corrected chi connectivity index (χ0v) is 21.1. The Bertz CT molecular complexity index is 1080. The van der Waals surface area contributed by atoms with Gasteiger partial charge in [0, 0.05) is 54.7 Å². The third-order valence-corrected chi connectivity index (χ3v) is 7.95. The van der Waals surface area contributed by atoms with E-state index >= 15 is 0 Å². The summed E-state index contributed by atoms with van der Waals surface area (Å²) in [5.41, 5.74) is 6.78. The standard InChI is InChI=1S/C26H34N4O4S/c1-18(2)26(27,25(32)33)9-15-34-16-14-29-10-12-30(13-11-29)24-20-5-3-4-6-22(20)35-23-17-19(31)7-8-21(23)28-24/h3-8,17-18,31H,9-16,27H2,1-2H3,(H,32,33)/t26-/m0/s1. The second-order valence-corrected chi connectivity index (χ2v) is 10.5. The van der Waals surface area contributed by atoms with Crippen molar-refractivity contribution < 1.29 is 19.7 Å². The summed E-state index contributed by atoms with van der Waals surface area (Å²) in [6.45, 7) is 8.81. The molecule has 2 aliphatic rings. The number of amidine groups is 1. The SMILES string of the molecule is CC(C)[C@@](N)(CCOCCN1CCN(C2=Nc3ccc(O)cc3Sc3ccccc32)CC1)C(=O)O. The van der Waals surface area contributed by atoms with Crippen molar-refractivity contribution in [1.29, 1.82) is 0 Å². The van der Waals surface area contributed by atoms with Gasteiger partial charge in [0.2, 0.25) is 0 Å².